The van der Waals surface area contributed by atoms with Crippen molar-refractivity contribution in [3.8, 4) is 0 Å². The second-order valence-electron chi connectivity index (χ2n) is 3.34. The molecule has 0 atom stereocenters. The van der Waals surface area contributed by atoms with Gasteiger partial charge >= 0.3 is 0 Å². The molecule has 1 rings (SSSR count). The first-order chi connectivity index (χ1) is 7.54. The number of rotatable bonds is 6. The maximum absolute atomic E-state index is 11.0. The molecule has 0 saturated carbocycles. The monoisotopic (exact) mass is 244 g/mol. The normalized spacial score (nSPS) is 11.4. The lowest BCUT2D eigenvalue weighted by Gasteiger charge is -2.06. The Hall–Kier alpha value is -1.11. The van der Waals surface area contributed by atoms with Crippen LogP contribution in [0.1, 0.15) is 6.42 Å². The van der Waals surface area contributed by atoms with Crippen molar-refractivity contribution < 1.29 is 13.2 Å². The average Bonchev–Trinajstić information content (AvgIpc) is 2.24. The standard InChI is InChI=1S/C10H16N2O3S/c1-15-8-2-7-12-9-3-5-10(6-4-9)16(11,13)14/h3-6,12H,2,7-8H2,1H3,(H2,11,13,14). The highest BCUT2D eigenvalue weighted by molar-refractivity contribution is 7.89. The Morgan fingerprint density at radius 2 is 1.94 bits per heavy atom. The molecule has 0 aliphatic rings. The summed E-state index contributed by atoms with van der Waals surface area (Å²) in [5.41, 5.74) is 0.864. The Balaban J connectivity index is 2.52. The molecule has 16 heavy (non-hydrogen) atoms. The van der Waals surface area contributed by atoms with E-state index >= 15 is 0 Å². The molecule has 90 valence electrons. The van der Waals surface area contributed by atoms with Crippen LogP contribution in [0.25, 0.3) is 0 Å². The molecule has 0 aliphatic carbocycles. The first-order valence-electron chi connectivity index (χ1n) is 4.90. The van der Waals surface area contributed by atoms with Gasteiger partial charge in [0.15, 0.2) is 0 Å². The van der Waals surface area contributed by atoms with E-state index in [0.29, 0.717) is 6.61 Å². The fourth-order valence-electron chi connectivity index (χ4n) is 1.21. The van der Waals surface area contributed by atoms with E-state index in [-0.39, 0.29) is 4.90 Å². The van der Waals surface area contributed by atoms with Gasteiger partial charge in [-0.15, -0.1) is 0 Å². The summed E-state index contributed by atoms with van der Waals surface area (Å²) in [6, 6.07) is 6.33. The number of hydrogen-bond donors (Lipinski definition) is 2. The van der Waals surface area contributed by atoms with Crippen LogP contribution in [0.2, 0.25) is 0 Å². The maximum atomic E-state index is 11.0. The van der Waals surface area contributed by atoms with Gasteiger partial charge in [-0.1, -0.05) is 0 Å². The minimum absolute atomic E-state index is 0.120. The van der Waals surface area contributed by atoms with E-state index in [2.05, 4.69) is 5.32 Å². The highest BCUT2D eigenvalue weighted by Crippen LogP contribution is 2.12. The van der Waals surface area contributed by atoms with Gasteiger partial charge in [-0.3, -0.25) is 0 Å². The summed E-state index contributed by atoms with van der Waals surface area (Å²) in [6.07, 6.45) is 0.896. The zero-order valence-electron chi connectivity index (χ0n) is 9.14. The number of methoxy groups -OCH3 is 1. The third-order valence-electron chi connectivity index (χ3n) is 2.04. The van der Waals surface area contributed by atoms with Crippen LogP contribution >= 0.6 is 0 Å². The molecule has 5 nitrogen and oxygen atoms in total. The van der Waals surface area contributed by atoms with Crippen molar-refractivity contribution in [2.75, 3.05) is 25.6 Å². The van der Waals surface area contributed by atoms with Crippen LogP contribution < -0.4 is 10.5 Å². The van der Waals surface area contributed by atoms with Crippen molar-refractivity contribution in [2.45, 2.75) is 11.3 Å². The molecule has 0 radical (unpaired) electrons. The fraction of sp³-hybridized carbons (Fsp3) is 0.400. The first-order valence-corrected chi connectivity index (χ1v) is 6.44. The third kappa shape index (κ3) is 4.18. The summed E-state index contributed by atoms with van der Waals surface area (Å²) in [5, 5.41) is 8.12. The van der Waals surface area contributed by atoms with Gasteiger partial charge in [0.1, 0.15) is 0 Å². The fourth-order valence-corrected chi connectivity index (χ4v) is 1.73. The Bertz CT molecular complexity index is 414. The van der Waals surface area contributed by atoms with Crippen LogP contribution in [-0.2, 0) is 14.8 Å². The number of benzene rings is 1. The van der Waals surface area contributed by atoms with Gasteiger partial charge in [0.25, 0.3) is 0 Å². The quantitative estimate of drug-likeness (QED) is 0.725. The van der Waals surface area contributed by atoms with Gasteiger partial charge in [-0.2, -0.15) is 0 Å². The molecule has 0 bridgehead atoms. The Kier molecular flexibility index (Phi) is 4.72. The van der Waals surface area contributed by atoms with Gasteiger partial charge in [0.2, 0.25) is 10.0 Å². The Labute approximate surface area is 95.7 Å². The second kappa shape index (κ2) is 5.83. The lowest BCUT2D eigenvalue weighted by Crippen LogP contribution is -2.12. The Morgan fingerprint density at radius 1 is 1.31 bits per heavy atom. The SMILES string of the molecule is COCCCNc1ccc(S(N)(=O)=O)cc1. The molecule has 0 fully saturated rings. The molecule has 1 aromatic carbocycles. The van der Waals surface area contributed by atoms with Crippen LogP contribution in [0.4, 0.5) is 5.69 Å². The molecule has 0 spiro atoms. The number of ether oxygens (including phenoxy) is 1. The molecule has 0 aromatic heterocycles. The van der Waals surface area contributed by atoms with Crippen LogP contribution in [0, 0.1) is 0 Å². The van der Waals surface area contributed by atoms with Crippen molar-refractivity contribution in [2.24, 2.45) is 5.14 Å². The summed E-state index contributed by atoms with van der Waals surface area (Å²) in [4.78, 5) is 0.120. The topological polar surface area (TPSA) is 81.4 Å². The third-order valence-corrected chi connectivity index (χ3v) is 2.97. The minimum Gasteiger partial charge on any atom is -0.385 e. The predicted molar refractivity (Wildman–Crippen MR) is 62.8 cm³/mol. The average molecular weight is 244 g/mol. The van der Waals surface area contributed by atoms with Crippen LogP contribution in [0.5, 0.6) is 0 Å². The number of primary sulfonamides is 1. The van der Waals surface area contributed by atoms with E-state index < -0.39 is 10.0 Å². The van der Waals surface area contributed by atoms with Gasteiger partial charge in [0.05, 0.1) is 4.90 Å². The van der Waals surface area contributed by atoms with Crippen molar-refractivity contribution in [1.29, 1.82) is 0 Å². The molecule has 1 aromatic rings. The van der Waals surface area contributed by atoms with Crippen molar-refractivity contribution in [3.63, 3.8) is 0 Å². The molecule has 0 amide bonds. The molecule has 0 aliphatic heterocycles. The number of sulfonamides is 1. The second-order valence-corrected chi connectivity index (χ2v) is 4.90. The number of hydrogen-bond acceptors (Lipinski definition) is 4. The largest absolute Gasteiger partial charge is 0.385 e. The number of nitrogens with two attached hydrogens (primary N) is 1. The van der Waals surface area contributed by atoms with Crippen LogP contribution in [0.15, 0.2) is 29.2 Å². The molecule has 3 N–H and O–H groups in total. The summed E-state index contributed by atoms with van der Waals surface area (Å²) < 4.78 is 26.9. The highest BCUT2D eigenvalue weighted by atomic mass is 32.2. The summed E-state index contributed by atoms with van der Waals surface area (Å²) in [6.45, 7) is 1.48. The lowest BCUT2D eigenvalue weighted by molar-refractivity contribution is 0.198. The molecular formula is C10H16N2O3S. The van der Waals surface area contributed by atoms with E-state index in [9.17, 15) is 8.42 Å². The molecule has 6 heteroatoms. The van der Waals surface area contributed by atoms with Crippen LogP contribution in [-0.4, -0.2) is 28.7 Å². The summed E-state index contributed by atoms with van der Waals surface area (Å²) >= 11 is 0. The van der Waals surface area contributed by atoms with E-state index in [1.54, 1.807) is 19.2 Å². The van der Waals surface area contributed by atoms with E-state index in [0.717, 1.165) is 18.7 Å². The van der Waals surface area contributed by atoms with E-state index in [1.807, 2.05) is 0 Å². The number of anilines is 1. The van der Waals surface area contributed by atoms with E-state index in [1.165, 1.54) is 12.1 Å². The molecular weight excluding hydrogens is 228 g/mol. The van der Waals surface area contributed by atoms with Crippen LogP contribution in [0.3, 0.4) is 0 Å². The summed E-state index contributed by atoms with van der Waals surface area (Å²) in [7, 11) is -1.94. The van der Waals surface area contributed by atoms with Crippen molar-refractivity contribution in [3.05, 3.63) is 24.3 Å². The van der Waals surface area contributed by atoms with Gasteiger partial charge in [-0.25, -0.2) is 13.6 Å². The predicted octanol–water partition coefficient (Wildman–Crippen LogP) is 0.782. The number of nitrogens with one attached hydrogen (secondary N) is 1. The zero-order valence-corrected chi connectivity index (χ0v) is 9.96. The molecule has 0 unspecified atom stereocenters. The smallest absolute Gasteiger partial charge is 0.238 e. The Morgan fingerprint density at radius 3 is 2.44 bits per heavy atom. The van der Waals surface area contributed by atoms with Crippen molar-refractivity contribution in [1.82, 2.24) is 0 Å². The van der Waals surface area contributed by atoms with Gasteiger partial charge in [-0.05, 0) is 30.7 Å². The maximum Gasteiger partial charge on any atom is 0.238 e. The minimum atomic E-state index is -3.60. The van der Waals surface area contributed by atoms with E-state index in [4.69, 9.17) is 9.88 Å². The first kappa shape index (κ1) is 13.0. The lowest BCUT2D eigenvalue weighted by atomic mass is 10.3. The summed E-state index contributed by atoms with van der Waals surface area (Å²) in [5.74, 6) is 0. The molecule has 0 saturated heterocycles. The highest BCUT2D eigenvalue weighted by Gasteiger charge is 2.05. The van der Waals surface area contributed by atoms with Crippen molar-refractivity contribution >= 4 is 15.7 Å². The molecule has 0 heterocycles. The van der Waals surface area contributed by atoms with Gasteiger partial charge in [0, 0.05) is 25.9 Å². The van der Waals surface area contributed by atoms with Gasteiger partial charge < -0.3 is 10.1 Å². The zero-order chi connectivity index (χ0) is 12.0.